The van der Waals surface area contributed by atoms with Crippen molar-refractivity contribution in [2.24, 2.45) is 35.5 Å². The van der Waals surface area contributed by atoms with Gasteiger partial charge in [-0.15, -0.1) is 0 Å². The van der Waals surface area contributed by atoms with E-state index in [2.05, 4.69) is 19.1 Å². The SMILES string of the molecule is CCOC(=O)OC1(C)CC2CC1C1C3C=CC(C3)C21. The minimum Gasteiger partial charge on any atom is -0.435 e. The van der Waals surface area contributed by atoms with Crippen LogP contribution in [0.25, 0.3) is 0 Å². The van der Waals surface area contributed by atoms with E-state index in [4.69, 9.17) is 9.47 Å². The first-order chi connectivity index (χ1) is 9.12. The molecule has 0 N–H and O–H groups in total. The highest BCUT2D eigenvalue weighted by Crippen LogP contribution is 2.68. The summed E-state index contributed by atoms with van der Waals surface area (Å²) in [7, 11) is 0. The van der Waals surface area contributed by atoms with Crippen LogP contribution in [0.2, 0.25) is 0 Å². The van der Waals surface area contributed by atoms with Gasteiger partial charge in [0.05, 0.1) is 6.61 Å². The van der Waals surface area contributed by atoms with E-state index >= 15 is 0 Å². The summed E-state index contributed by atoms with van der Waals surface area (Å²) < 4.78 is 10.7. The molecule has 0 radical (unpaired) electrons. The lowest BCUT2D eigenvalue weighted by Crippen LogP contribution is -2.45. The molecule has 3 fully saturated rings. The van der Waals surface area contributed by atoms with Gasteiger partial charge in [0.1, 0.15) is 5.60 Å². The quantitative estimate of drug-likeness (QED) is 0.434. The Morgan fingerprint density at radius 2 is 2.00 bits per heavy atom. The van der Waals surface area contributed by atoms with Crippen molar-refractivity contribution in [3.63, 3.8) is 0 Å². The Kier molecular flexibility index (Phi) is 2.34. The molecule has 19 heavy (non-hydrogen) atoms. The third-order valence-corrected chi connectivity index (χ3v) is 6.18. The van der Waals surface area contributed by atoms with Crippen molar-refractivity contribution < 1.29 is 14.3 Å². The normalized spacial score (nSPS) is 52.5. The number of hydrogen-bond acceptors (Lipinski definition) is 3. The number of ether oxygens (including phenoxy) is 2. The standard InChI is InChI=1S/C16H22O3/c1-3-18-15(17)19-16(2)8-11-7-12(16)14-10-5-4-9(6-10)13(11)14/h4-5,9-14H,3,6-8H2,1-2H3. The van der Waals surface area contributed by atoms with Gasteiger partial charge in [0.2, 0.25) is 0 Å². The molecule has 104 valence electrons. The Bertz CT molecular complexity index is 443. The second kappa shape index (κ2) is 3.77. The fourth-order valence-electron chi connectivity index (χ4n) is 5.77. The number of hydrogen-bond donors (Lipinski definition) is 0. The Hall–Kier alpha value is -0.990. The average molecular weight is 262 g/mol. The molecule has 7 atom stereocenters. The third-order valence-electron chi connectivity index (χ3n) is 6.18. The third kappa shape index (κ3) is 1.47. The van der Waals surface area contributed by atoms with E-state index in [1.54, 1.807) is 0 Å². The van der Waals surface area contributed by atoms with Gasteiger partial charge in [0.25, 0.3) is 0 Å². The Morgan fingerprint density at radius 1 is 1.26 bits per heavy atom. The first-order valence-electron chi connectivity index (χ1n) is 7.66. The van der Waals surface area contributed by atoms with E-state index in [1.165, 1.54) is 12.8 Å². The van der Waals surface area contributed by atoms with Gasteiger partial charge in [-0.2, -0.15) is 0 Å². The molecular weight excluding hydrogens is 240 g/mol. The molecule has 4 bridgehead atoms. The molecule has 0 spiro atoms. The summed E-state index contributed by atoms with van der Waals surface area (Å²) >= 11 is 0. The van der Waals surface area contributed by atoms with Crippen molar-refractivity contribution in [3.05, 3.63) is 12.2 Å². The van der Waals surface area contributed by atoms with Crippen LogP contribution in [0.1, 0.15) is 33.1 Å². The highest BCUT2D eigenvalue weighted by molar-refractivity contribution is 5.60. The van der Waals surface area contributed by atoms with E-state index in [9.17, 15) is 4.79 Å². The van der Waals surface area contributed by atoms with Crippen molar-refractivity contribution in [2.75, 3.05) is 6.61 Å². The van der Waals surface area contributed by atoms with Crippen LogP contribution in [0.4, 0.5) is 4.79 Å². The molecule has 0 aromatic heterocycles. The Labute approximate surface area is 114 Å². The van der Waals surface area contributed by atoms with E-state index in [0.717, 1.165) is 36.0 Å². The van der Waals surface area contributed by atoms with Crippen molar-refractivity contribution in [3.8, 4) is 0 Å². The van der Waals surface area contributed by atoms with Gasteiger partial charge in [-0.05, 0) is 62.7 Å². The number of fused-ring (bicyclic) bond motifs is 9. The van der Waals surface area contributed by atoms with Crippen LogP contribution < -0.4 is 0 Å². The maximum Gasteiger partial charge on any atom is 0.508 e. The summed E-state index contributed by atoms with van der Waals surface area (Å²) in [6.07, 6.45) is 8.01. The molecule has 0 aromatic carbocycles. The van der Waals surface area contributed by atoms with Gasteiger partial charge in [0, 0.05) is 5.92 Å². The van der Waals surface area contributed by atoms with Crippen molar-refractivity contribution in [2.45, 2.75) is 38.7 Å². The molecule has 0 aromatic rings. The molecule has 4 aliphatic carbocycles. The fraction of sp³-hybridized carbons (Fsp3) is 0.812. The zero-order chi connectivity index (χ0) is 13.2. The molecule has 4 aliphatic rings. The second-order valence-electron chi connectivity index (χ2n) is 7.01. The molecule has 3 nitrogen and oxygen atoms in total. The fourth-order valence-corrected chi connectivity index (χ4v) is 5.77. The monoisotopic (exact) mass is 262 g/mol. The molecule has 0 aliphatic heterocycles. The molecule has 0 amide bonds. The lowest BCUT2D eigenvalue weighted by molar-refractivity contribution is -0.0782. The van der Waals surface area contributed by atoms with Crippen LogP contribution in [0.5, 0.6) is 0 Å². The summed E-state index contributed by atoms with van der Waals surface area (Å²) in [5.74, 6) is 4.50. The molecular formula is C16H22O3. The minimum absolute atomic E-state index is 0.281. The molecule has 0 heterocycles. The van der Waals surface area contributed by atoms with E-state index in [0.29, 0.717) is 12.5 Å². The van der Waals surface area contributed by atoms with Crippen LogP contribution in [-0.4, -0.2) is 18.4 Å². The summed E-state index contributed by atoms with van der Waals surface area (Å²) in [6.45, 7) is 4.34. The zero-order valence-electron chi connectivity index (χ0n) is 11.7. The highest BCUT2D eigenvalue weighted by Gasteiger charge is 2.66. The number of carbonyl (C=O) groups is 1. The first kappa shape index (κ1) is 11.8. The zero-order valence-corrected chi connectivity index (χ0v) is 11.7. The largest absolute Gasteiger partial charge is 0.508 e. The average Bonchev–Trinajstić information content (AvgIpc) is 3.03. The van der Waals surface area contributed by atoms with Gasteiger partial charge in [-0.3, -0.25) is 0 Å². The summed E-state index contributed by atoms with van der Waals surface area (Å²) in [6, 6.07) is 0. The summed E-state index contributed by atoms with van der Waals surface area (Å²) in [5, 5.41) is 0. The van der Waals surface area contributed by atoms with Gasteiger partial charge >= 0.3 is 6.16 Å². The number of allylic oxidation sites excluding steroid dienone is 2. The van der Waals surface area contributed by atoms with Crippen LogP contribution >= 0.6 is 0 Å². The molecule has 3 heteroatoms. The van der Waals surface area contributed by atoms with Gasteiger partial charge in [-0.25, -0.2) is 4.79 Å². The van der Waals surface area contributed by atoms with Gasteiger partial charge in [-0.1, -0.05) is 12.2 Å². The van der Waals surface area contributed by atoms with Crippen molar-refractivity contribution in [1.29, 1.82) is 0 Å². The van der Waals surface area contributed by atoms with Crippen molar-refractivity contribution >= 4 is 6.16 Å². The number of rotatable bonds is 2. The van der Waals surface area contributed by atoms with Crippen LogP contribution in [0.15, 0.2) is 12.2 Å². The first-order valence-corrected chi connectivity index (χ1v) is 7.66. The smallest absolute Gasteiger partial charge is 0.435 e. The second-order valence-corrected chi connectivity index (χ2v) is 7.01. The van der Waals surface area contributed by atoms with E-state index in [1.807, 2.05) is 6.92 Å². The topological polar surface area (TPSA) is 35.5 Å². The lowest BCUT2D eigenvalue weighted by atomic mass is 9.68. The predicted molar refractivity (Wildman–Crippen MR) is 70.4 cm³/mol. The van der Waals surface area contributed by atoms with E-state index < -0.39 is 6.16 Å². The number of carbonyl (C=O) groups excluding carboxylic acids is 1. The molecule has 7 unspecified atom stereocenters. The molecule has 3 saturated carbocycles. The predicted octanol–water partition coefficient (Wildman–Crippen LogP) is 3.40. The lowest BCUT2D eigenvalue weighted by Gasteiger charge is -2.42. The highest BCUT2D eigenvalue weighted by atomic mass is 16.7. The van der Waals surface area contributed by atoms with Gasteiger partial charge in [0.15, 0.2) is 0 Å². The molecule has 4 rings (SSSR count). The summed E-state index contributed by atoms with van der Waals surface area (Å²) in [5.41, 5.74) is -0.281. The van der Waals surface area contributed by atoms with Crippen molar-refractivity contribution in [1.82, 2.24) is 0 Å². The van der Waals surface area contributed by atoms with Crippen LogP contribution in [-0.2, 0) is 9.47 Å². The summed E-state index contributed by atoms with van der Waals surface area (Å²) in [4.78, 5) is 11.7. The van der Waals surface area contributed by atoms with Crippen LogP contribution in [0.3, 0.4) is 0 Å². The maximum absolute atomic E-state index is 11.7. The van der Waals surface area contributed by atoms with Crippen LogP contribution in [0, 0.1) is 35.5 Å². The Morgan fingerprint density at radius 3 is 2.74 bits per heavy atom. The Balaban J connectivity index is 1.55. The molecule has 0 saturated heterocycles. The maximum atomic E-state index is 11.7. The van der Waals surface area contributed by atoms with Gasteiger partial charge < -0.3 is 9.47 Å². The minimum atomic E-state index is -0.479. The van der Waals surface area contributed by atoms with E-state index in [-0.39, 0.29) is 5.60 Å².